The van der Waals surface area contributed by atoms with Crippen molar-refractivity contribution in [2.24, 2.45) is 10.9 Å². The summed E-state index contributed by atoms with van der Waals surface area (Å²) < 4.78 is 53.7. The van der Waals surface area contributed by atoms with Crippen molar-refractivity contribution in [3.8, 4) is 5.75 Å². The molecule has 3 N–H and O–H groups in total. The molecule has 0 bridgehead atoms. The van der Waals surface area contributed by atoms with Gasteiger partial charge in [0.05, 0.1) is 0 Å². The van der Waals surface area contributed by atoms with Gasteiger partial charge in [0, 0.05) is 5.56 Å². The number of rotatable bonds is 5. The molecule has 0 atom stereocenters. The Labute approximate surface area is 106 Å². The highest BCUT2D eigenvalue weighted by Gasteiger charge is 2.41. The smallest absolute Gasteiger partial charge is 0.340 e. The third kappa shape index (κ3) is 3.73. The number of hydrogen-bond donors (Lipinski definition) is 2. The SMILES string of the molecule is Cc1cc(OCC(F)(F)C(F)F)ccc1/C(N)=N/O. The number of ether oxygens (including phenoxy) is 1. The first-order valence-corrected chi connectivity index (χ1v) is 5.15. The summed E-state index contributed by atoms with van der Waals surface area (Å²) in [6, 6.07) is 3.97. The second-order valence-electron chi connectivity index (χ2n) is 3.81. The zero-order valence-corrected chi connectivity index (χ0v) is 9.91. The van der Waals surface area contributed by atoms with Crippen molar-refractivity contribution in [2.45, 2.75) is 19.3 Å². The van der Waals surface area contributed by atoms with Crippen molar-refractivity contribution in [1.82, 2.24) is 0 Å². The molecule has 19 heavy (non-hydrogen) atoms. The quantitative estimate of drug-likeness (QED) is 0.286. The van der Waals surface area contributed by atoms with Crippen LogP contribution in [-0.4, -0.2) is 30.0 Å². The first-order valence-electron chi connectivity index (χ1n) is 5.15. The molecule has 0 radical (unpaired) electrons. The Bertz CT molecular complexity index is 478. The number of aryl methyl sites for hydroxylation is 1. The van der Waals surface area contributed by atoms with Crippen LogP contribution in [0.4, 0.5) is 17.6 Å². The molecule has 0 aliphatic carbocycles. The fraction of sp³-hybridized carbons (Fsp3) is 0.364. The Morgan fingerprint density at radius 2 is 2.11 bits per heavy atom. The van der Waals surface area contributed by atoms with Gasteiger partial charge in [-0.1, -0.05) is 5.16 Å². The Hall–Kier alpha value is -1.99. The molecular formula is C11H12F4N2O2. The lowest BCUT2D eigenvalue weighted by Gasteiger charge is -2.16. The van der Waals surface area contributed by atoms with Crippen molar-refractivity contribution in [1.29, 1.82) is 0 Å². The van der Waals surface area contributed by atoms with Crippen LogP contribution in [0.5, 0.6) is 5.75 Å². The Morgan fingerprint density at radius 1 is 1.47 bits per heavy atom. The van der Waals surface area contributed by atoms with Crippen LogP contribution < -0.4 is 10.5 Å². The summed E-state index contributed by atoms with van der Waals surface area (Å²) in [4.78, 5) is 0. The van der Waals surface area contributed by atoms with Gasteiger partial charge >= 0.3 is 12.3 Å². The Morgan fingerprint density at radius 3 is 2.58 bits per heavy atom. The first-order chi connectivity index (χ1) is 8.77. The van der Waals surface area contributed by atoms with Gasteiger partial charge in [-0.25, -0.2) is 8.78 Å². The third-order valence-corrected chi connectivity index (χ3v) is 2.33. The molecular weight excluding hydrogens is 268 g/mol. The molecule has 1 aromatic rings. The van der Waals surface area contributed by atoms with Gasteiger partial charge in [0.1, 0.15) is 5.75 Å². The highest BCUT2D eigenvalue weighted by atomic mass is 19.3. The van der Waals surface area contributed by atoms with E-state index in [2.05, 4.69) is 9.89 Å². The number of amidine groups is 1. The van der Waals surface area contributed by atoms with E-state index >= 15 is 0 Å². The number of nitrogens with two attached hydrogens (primary N) is 1. The van der Waals surface area contributed by atoms with Crippen LogP contribution in [0.2, 0.25) is 0 Å². The molecule has 0 amide bonds. The van der Waals surface area contributed by atoms with Gasteiger partial charge in [-0.2, -0.15) is 8.78 Å². The van der Waals surface area contributed by atoms with E-state index in [0.29, 0.717) is 11.1 Å². The van der Waals surface area contributed by atoms with Crippen LogP contribution in [0.25, 0.3) is 0 Å². The molecule has 106 valence electrons. The van der Waals surface area contributed by atoms with Gasteiger partial charge in [0.2, 0.25) is 0 Å². The molecule has 0 saturated heterocycles. The van der Waals surface area contributed by atoms with Gasteiger partial charge in [0.15, 0.2) is 12.4 Å². The number of halogens is 4. The van der Waals surface area contributed by atoms with E-state index in [0.717, 1.165) is 0 Å². The topological polar surface area (TPSA) is 67.8 Å². The average Bonchev–Trinajstić information content (AvgIpc) is 2.35. The summed E-state index contributed by atoms with van der Waals surface area (Å²) in [7, 11) is 0. The number of alkyl halides is 4. The van der Waals surface area contributed by atoms with Crippen molar-refractivity contribution < 1.29 is 27.5 Å². The van der Waals surface area contributed by atoms with Gasteiger partial charge in [-0.05, 0) is 30.7 Å². The van der Waals surface area contributed by atoms with E-state index in [1.807, 2.05) is 0 Å². The lowest BCUT2D eigenvalue weighted by Crippen LogP contribution is -2.33. The molecule has 4 nitrogen and oxygen atoms in total. The first kappa shape index (κ1) is 15.1. The van der Waals surface area contributed by atoms with E-state index < -0.39 is 19.0 Å². The maximum Gasteiger partial charge on any atom is 0.340 e. The Balaban J connectivity index is 2.80. The van der Waals surface area contributed by atoms with Gasteiger partial charge in [-0.3, -0.25) is 0 Å². The molecule has 0 saturated carbocycles. The van der Waals surface area contributed by atoms with Crippen molar-refractivity contribution in [3.63, 3.8) is 0 Å². The molecule has 0 aliphatic heterocycles. The highest BCUT2D eigenvalue weighted by molar-refractivity contribution is 5.98. The maximum atomic E-state index is 12.6. The minimum absolute atomic E-state index is 0.00712. The van der Waals surface area contributed by atoms with Gasteiger partial charge < -0.3 is 15.7 Å². The summed E-state index contributed by atoms with van der Waals surface area (Å²) >= 11 is 0. The second-order valence-corrected chi connectivity index (χ2v) is 3.81. The van der Waals surface area contributed by atoms with Crippen LogP contribution in [0.15, 0.2) is 23.4 Å². The molecule has 1 aromatic carbocycles. The standard InChI is InChI=1S/C11H12F4N2O2/c1-6-4-7(2-3-8(6)9(16)17-18)19-5-11(14,15)10(12)13/h2-4,10,18H,5H2,1H3,(H2,16,17). The number of hydrogen-bond acceptors (Lipinski definition) is 3. The fourth-order valence-electron chi connectivity index (χ4n) is 1.31. The van der Waals surface area contributed by atoms with E-state index in [9.17, 15) is 17.6 Å². The summed E-state index contributed by atoms with van der Waals surface area (Å²) in [6.45, 7) is 0.151. The third-order valence-electron chi connectivity index (χ3n) is 2.33. The van der Waals surface area contributed by atoms with Gasteiger partial charge in [0.25, 0.3) is 0 Å². The van der Waals surface area contributed by atoms with Crippen LogP contribution in [0.1, 0.15) is 11.1 Å². The van der Waals surface area contributed by atoms with E-state index in [1.54, 1.807) is 6.92 Å². The molecule has 0 aromatic heterocycles. The van der Waals surface area contributed by atoms with Crippen LogP contribution in [-0.2, 0) is 0 Å². The zero-order valence-electron chi connectivity index (χ0n) is 9.91. The van der Waals surface area contributed by atoms with Crippen LogP contribution in [0.3, 0.4) is 0 Å². The molecule has 0 heterocycles. The highest BCUT2D eigenvalue weighted by Crippen LogP contribution is 2.25. The summed E-state index contributed by atoms with van der Waals surface area (Å²) in [5.74, 6) is -4.37. The fourth-order valence-corrected chi connectivity index (χ4v) is 1.31. The molecule has 0 spiro atoms. The minimum atomic E-state index is -4.21. The predicted octanol–water partition coefficient (Wildman–Crippen LogP) is 2.37. The van der Waals surface area contributed by atoms with E-state index in [-0.39, 0.29) is 11.6 Å². The lowest BCUT2D eigenvalue weighted by molar-refractivity contribution is -0.148. The van der Waals surface area contributed by atoms with E-state index in [4.69, 9.17) is 10.9 Å². The van der Waals surface area contributed by atoms with Crippen molar-refractivity contribution in [2.75, 3.05) is 6.61 Å². The normalized spacial score (nSPS) is 12.8. The zero-order chi connectivity index (χ0) is 14.6. The monoisotopic (exact) mass is 280 g/mol. The maximum absolute atomic E-state index is 12.6. The molecule has 0 aliphatic rings. The minimum Gasteiger partial charge on any atom is -0.487 e. The predicted molar refractivity (Wildman–Crippen MR) is 60.1 cm³/mol. The molecule has 1 rings (SSSR count). The molecule has 8 heteroatoms. The van der Waals surface area contributed by atoms with E-state index in [1.165, 1.54) is 18.2 Å². The summed E-state index contributed by atoms with van der Waals surface area (Å²) in [5, 5.41) is 11.3. The Kier molecular flexibility index (Phi) is 4.57. The molecule has 0 fully saturated rings. The average molecular weight is 280 g/mol. The number of oxime groups is 1. The number of benzene rings is 1. The summed E-state index contributed by atoms with van der Waals surface area (Å²) in [5.41, 5.74) is 6.25. The summed E-state index contributed by atoms with van der Waals surface area (Å²) in [6.07, 6.45) is -3.79. The van der Waals surface area contributed by atoms with Gasteiger partial charge in [-0.15, -0.1) is 0 Å². The largest absolute Gasteiger partial charge is 0.487 e. The van der Waals surface area contributed by atoms with Crippen molar-refractivity contribution >= 4 is 5.84 Å². The van der Waals surface area contributed by atoms with Crippen LogP contribution >= 0.6 is 0 Å². The van der Waals surface area contributed by atoms with Crippen molar-refractivity contribution in [3.05, 3.63) is 29.3 Å². The molecule has 0 unspecified atom stereocenters. The second kappa shape index (κ2) is 5.77. The van der Waals surface area contributed by atoms with Crippen LogP contribution in [0, 0.1) is 6.92 Å². The number of nitrogens with zero attached hydrogens (tertiary/aromatic N) is 1. The lowest BCUT2D eigenvalue weighted by atomic mass is 10.1.